The van der Waals surface area contributed by atoms with Crippen molar-refractivity contribution in [1.82, 2.24) is 9.78 Å². The predicted octanol–water partition coefficient (Wildman–Crippen LogP) is 1.82. The van der Waals surface area contributed by atoms with Gasteiger partial charge < -0.3 is 5.11 Å². The summed E-state index contributed by atoms with van der Waals surface area (Å²) in [6, 6.07) is 0. The van der Waals surface area contributed by atoms with Gasteiger partial charge in [0.25, 0.3) is 0 Å². The quantitative estimate of drug-likeness (QED) is 0.746. The monoisotopic (exact) mass is 228 g/mol. The maximum absolute atomic E-state index is 9.42. The van der Waals surface area contributed by atoms with Gasteiger partial charge in [-0.2, -0.15) is 5.10 Å². The van der Waals surface area contributed by atoms with Crippen molar-refractivity contribution in [3.05, 3.63) is 18.0 Å². The zero-order valence-corrected chi connectivity index (χ0v) is 8.48. The number of hydrogen-bond acceptors (Lipinski definition) is 2. The molecule has 1 unspecified atom stereocenters. The van der Waals surface area contributed by atoms with Crippen molar-refractivity contribution in [1.29, 1.82) is 0 Å². The molecule has 1 aromatic rings. The van der Waals surface area contributed by atoms with Gasteiger partial charge in [0.2, 0.25) is 3.79 Å². The third kappa shape index (κ3) is 2.26. The Morgan fingerprint density at radius 3 is 2.50 bits per heavy atom. The Morgan fingerprint density at radius 2 is 2.17 bits per heavy atom. The topological polar surface area (TPSA) is 38.0 Å². The zero-order valence-electron chi connectivity index (χ0n) is 6.21. The second kappa shape index (κ2) is 3.42. The van der Waals surface area contributed by atoms with Gasteiger partial charge in [0.1, 0.15) is 6.10 Å². The molecule has 0 amide bonds. The molecule has 1 N–H and O–H groups in total. The molecule has 0 aliphatic carbocycles. The van der Waals surface area contributed by atoms with Crippen LogP contribution in [0.2, 0.25) is 0 Å². The molecule has 12 heavy (non-hydrogen) atoms. The van der Waals surface area contributed by atoms with Crippen LogP contribution in [0, 0.1) is 0 Å². The first-order chi connectivity index (χ1) is 5.41. The summed E-state index contributed by atoms with van der Waals surface area (Å²) in [7, 11) is 1.72. The summed E-state index contributed by atoms with van der Waals surface area (Å²) in [6.45, 7) is 0. The van der Waals surface area contributed by atoms with E-state index in [1.807, 2.05) is 0 Å². The second-order valence-electron chi connectivity index (χ2n) is 2.39. The van der Waals surface area contributed by atoms with Crippen molar-refractivity contribution >= 4 is 34.8 Å². The van der Waals surface area contributed by atoms with Crippen LogP contribution in [0.5, 0.6) is 0 Å². The Bertz CT molecular complexity index is 268. The number of rotatable bonds is 1. The average molecular weight is 229 g/mol. The van der Waals surface area contributed by atoms with E-state index in [9.17, 15) is 5.11 Å². The van der Waals surface area contributed by atoms with Crippen molar-refractivity contribution in [2.75, 3.05) is 0 Å². The maximum Gasteiger partial charge on any atom is 0.220 e. The Balaban J connectivity index is 2.85. The number of halogens is 3. The number of aryl methyl sites for hydroxylation is 1. The van der Waals surface area contributed by atoms with Crippen molar-refractivity contribution in [2.45, 2.75) is 9.90 Å². The Kier molecular flexibility index (Phi) is 2.88. The first-order valence-electron chi connectivity index (χ1n) is 3.14. The minimum absolute atomic E-state index is 0.484. The van der Waals surface area contributed by atoms with E-state index in [4.69, 9.17) is 34.8 Å². The number of aliphatic hydroxyl groups is 1. The molecule has 1 heterocycles. The first-order valence-corrected chi connectivity index (χ1v) is 4.28. The lowest BCUT2D eigenvalue weighted by Gasteiger charge is -2.16. The number of aliphatic hydroxyl groups excluding tert-OH is 1. The van der Waals surface area contributed by atoms with Gasteiger partial charge in [0, 0.05) is 18.8 Å². The van der Waals surface area contributed by atoms with E-state index >= 15 is 0 Å². The molecular formula is C6H7Cl3N2O. The molecule has 1 rings (SSSR count). The standard InChI is InChI=1S/C6H7Cl3N2O/c1-11-3-4(2-10-11)5(12)6(7,8)9/h2-3,5,12H,1H3. The molecule has 68 valence electrons. The summed E-state index contributed by atoms with van der Waals surface area (Å²) in [5.74, 6) is 0. The first kappa shape index (κ1) is 10.1. The molecular weight excluding hydrogens is 222 g/mol. The van der Waals surface area contributed by atoms with Crippen LogP contribution in [-0.2, 0) is 7.05 Å². The van der Waals surface area contributed by atoms with Crippen LogP contribution in [0.1, 0.15) is 11.7 Å². The normalized spacial score (nSPS) is 14.8. The van der Waals surface area contributed by atoms with Crippen molar-refractivity contribution < 1.29 is 5.11 Å². The molecule has 0 aliphatic rings. The van der Waals surface area contributed by atoms with Crippen LogP contribution in [-0.4, -0.2) is 18.7 Å². The molecule has 0 bridgehead atoms. The van der Waals surface area contributed by atoms with E-state index in [0.717, 1.165) is 0 Å². The summed E-state index contributed by atoms with van der Waals surface area (Å²) in [4.78, 5) is 0. The van der Waals surface area contributed by atoms with Crippen LogP contribution >= 0.6 is 34.8 Å². The minimum atomic E-state index is -1.71. The fourth-order valence-corrected chi connectivity index (χ4v) is 1.15. The van der Waals surface area contributed by atoms with E-state index in [0.29, 0.717) is 5.56 Å². The maximum atomic E-state index is 9.42. The van der Waals surface area contributed by atoms with Gasteiger partial charge in [-0.15, -0.1) is 0 Å². The molecule has 0 radical (unpaired) electrons. The molecule has 1 aromatic heterocycles. The lowest BCUT2D eigenvalue weighted by Crippen LogP contribution is -2.15. The lowest BCUT2D eigenvalue weighted by molar-refractivity contribution is 0.182. The van der Waals surface area contributed by atoms with Gasteiger partial charge >= 0.3 is 0 Å². The third-order valence-electron chi connectivity index (χ3n) is 1.35. The SMILES string of the molecule is Cn1cc(C(O)C(Cl)(Cl)Cl)cn1. The van der Waals surface area contributed by atoms with E-state index in [1.54, 1.807) is 13.2 Å². The third-order valence-corrected chi connectivity index (χ3v) is 1.97. The molecule has 0 fully saturated rings. The smallest absolute Gasteiger partial charge is 0.220 e. The van der Waals surface area contributed by atoms with E-state index < -0.39 is 9.90 Å². The van der Waals surface area contributed by atoms with Crippen molar-refractivity contribution in [3.8, 4) is 0 Å². The van der Waals surface area contributed by atoms with Crippen molar-refractivity contribution in [2.24, 2.45) is 7.05 Å². The summed E-state index contributed by atoms with van der Waals surface area (Å²) < 4.78 is -0.183. The highest BCUT2D eigenvalue weighted by Gasteiger charge is 2.32. The highest BCUT2D eigenvalue weighted by molar-refractivity contribution is 6.67. The molecule has 3 nitrogen and oxygen atoms in total. The van der Waals surface area contributed by atoms with Gasteiger partial charge in [0.05, 0.1) is 6.20 Å². The van der Waals surface area contributed by atoms with Crippen molar-refractivity contribution in [3.63, 3.8) is 0 Å². The van der Waals surface area contributed by atoms with Gasteiger partial charge in [-0.3, -0.25) is 4.68 Å². The average Bonchev–Trinajstić information content (AvgIpc) is 2.32. The van der Waals surface area contributed by atoms with Crippen LogP contribution in [0.15, 0.2) is 12.4 Å². The number of alkyl halides is 3. The number of aromatic nitrogens is 2. The molecule has 0 aromatic carbocycles. The second-order valence-corrected chi connectivity index (χ2v) is 4.76. The summed E-state index contributed by atoms with van der Waals surface area (Å²) >= 11 is 16.4. The summed E-state index contributed by atoms with van der Waals surface area (Å²) in [6.07, 6.45) is 1.90. The van der Waals surface area contributed by atoms with Crippen LogP contribution in [0.4, 0.5) is 0 Å². The Hall–Kier alpha value is 0.0400. The Morgan fingerprint density at radius 1 is 1.58 bits per heavy atom. The van der Waals surface area contributed by atoms with E-state index in [-0.39, 0.29) is 0 Å². The number of hydrogen-bond donors (Lipinski definition) is 1. The molecule has 0 saturated heterocycles. The molecule has 1 atom stereocenters. The highest BCUT2D eigenvalue weighted by Crippen LogP contribution is 2.39. The fourth-order valence-electron chi connectivity index (χ4n) is 0.770. The molecule has 0 spiro atoms. The zero-order chi connectivity index (χ0) is 9.35. The summed E-state index contributed by atoms with van der Waals surface area (Å²) in [5.41, 5.74) is 0.484. The van der Waals surface area contributed by atoms with Gasteiger partial charge in [0.15, 0.2) is 0 Å². The van der Waals surface area contributed by atoms with Crippen LogP contribution < -0.4 is 0 Å². The van der Waals surface area contributed by atoms with Crippen LogP contribution in [0.25, 0.3) is 0 Å². The van der Waals surface area contributed by atoms with Gasteiger partial charge in [-0.25, -0.2) is 0 Å². The van der Waals surface area contributed by atoms with E-state index in [1.165, 1.54) is 10.9 Å². The van der Waals surface area contributed by atoms with E-state index in [2.05, 4.69) is 5.10 Å². The number of nitrogens with zero attached hydrogens (tertiary/aromatic N) is 2. The minimum Gasteiger partial charge on any atom is -0.384 e. The van der Waals surface area contributed by atoms with Gasteiger partial charge in [-0.05, 0) is 0 Å². The Labute approximate surface area is 84.8 Å². The molecule has 0 aliphatic heterocycles. The van der Waals surface area contributed by atoms with Crippen LogP contribution in [0.3, 0.4) is 0 Å². The molecule has 6 heteroatoms. The summed E-state index contributed by atoms with van der Waals surface area (Å²) in [5, 5.41) is 13.3. The highest BCUT2D eigenvalue weighted by atomic mass is 35.6. The fraction of sp³-hybridized carbons (Fsp3) is 0.500. The predicted molar refractivity (Wildman–Crippen MR) is 48.5 cm³/mol. The molecule has 0 saturated carbocycles. The largest absolute Gasteiger partial charge is 0.384 e. The lowest BCUT2D eigenvalue weighted by atomic mass is 10.2. The van der Waals surface area contributed by atoms with Gasteiger partial charge in [-0.1, -0.05) is 34.8 Å².